The molecule has 0 heterocycles. The van der Waals surface area contributed by atoms with Crippen LogP contribution in [-0.2, 0) is 10.8 Å². The van der Waals surface area contributed by atoms with Crippen LogP contribution in [0.4, 0.5) is 15.8 Å². The first-order valence-electron chi connectivity index (χ1n) is 5.76. The number of primary amides is 1. The van der Waals surface area contributed by atoms with Gasteiger partial charge in [0.05, 0.1) is 11.3 Å². The molecule has 0 aliphatic carbocycles. The van der Waals surface area contributed by atoms with E-state index in [1.54, 1.807) is 6.26 Å². The third-order valence-corrected chi connectivity index (χ3v) is 3.46. The minimum absolute atomic E-state index is 0.0119. The summed E-state index contributed by atoms with van der Waals surface area (Å²) in [5, 5.41) is 2.92. The Kier molecular flexibility index (Phi) is 5.29. The van der Waals surface area contributed by atoms with Crippen molar-refractivity contribution in [2.24, 2.45) is 5.73 Å². The first kappa shape index (κ1) is 15.4. The predicted molar refractivity (Wildman–Crippen MR) is 76.0 cm³/mol. The molecule has 1 aromatic carbocycles. The quantitative estimate of drug-likeness (QED) is 0.682. The fourth-order valence-electron chi connectivity index (χ4n) is 1.59. The molecular formula is C12H18FN3O2S. The van der Waals surface area contributed by atoms with E-state index in [1.165, 1.54) is 6.07 Å². The van der Waals surface area contributed by atoms with Crippen molar-refractivity contribution in [3.8, 4) is 0 Å². The predicted octanol–water partition coefficient (Wildman–Crippen LogP) is 1.08. The number of nitrogens with two attached hydrogens (primary N) is 2. The lowest BCUT2D eigenvalue weighted by Crippen LogP contribution is -2.20. The number of hydrogen-bond acceptors (Lipinski definition) is 4. The summed E-state index contributed by atoms with van der Waals surface area (Å²) in [6, 6.07) is 2.28. The fourth-order valence-corrected chi connectivity index (χ4v) is 2.28. The summed E-state index contributed by atoms with van der Waals surface area (Å²) in [6.07, 6.45) is 2.24. The summed E-state index contributed by atoms with van der Waals surface area (Å²) in [7, 11) is -0.893. The van der Waals surface area contributed by atoms with Crippen LogP contribution in [0.15, 0.2) is 12.1 Å². The molecule has 5 nitrogen and oxygen atoms in total. The molecule has 0 aliphatic rings. The van der Waals surface area contributed by atoms with E-state index in [-0.39, 0.29) is 23.0 Å². The van der Waals surface area contributed by atoms with Gasteiger partial charge in [-0.25, -0.2) is 4.39 Å². The zero-order valence-electron chi connectivity index (χ0n) is 10.9. The third kappa shape index (κ3) is 4.51. The van der Waals surface area contributed by atoms with E-state index in [2.05, 4.69) is 5.32 Å². The minimum atomic E-state index is -0.893. The smallest absolute Gasteiger partial charge is 0.250 e. The Bertz CT molecular complexity index is 508. The van der Waals surface area contributed by atoms with Gasteiger partial charge in [-0.1, -0.05) is 0 Å². The molecule has 2 unspecified atom stereocenters. The third-order valence-electron chi connectivity index (χ3n) is 2.64. The van der Waals surface area contributed by atoms with Crippen LogP contribution in [0.25, 0.3) is 0 Å². The second kappa shape index (κ2) is 6.51. The maximum Gasteiger partial charge on any atom is 0.250 e. The highest BCUT2D eigenvalue weighted by Crippen LogP contribution is 2.23. The molecule has 106 valence electrons. The van der Waals surface area contributed by atoms with Crippen molar-refractivity contribution in [1.82, 2.24) is 0 Å². The average Bonchev–Trinajstić information content (AvgIpc) is 2.29. The summed E-state index contributed by atoms with van der Waals surface area (Å²) in [4.78, 5) is 11.1. The molecule has 0 saturated carbocycles. The molecule has 19 heavy (non-hydrogen) atoms. The van der Waals surface area contributed by atoms with E-state index in [0.29, 0.717) is 12.2 Å². The molecule has 5 N–H and O–H groups in total. The van der Waals surface area contributed by atoms with Crippen molar-refractivity contribution in [1.29, 1.82) is 0 Å². The first-order valence-corrected chi connectivity index (χ1v) is 7.49. The van der Waals surface area contributed by atoms with E-state index in [1.807, 2.05) is 6.92 Å². The Hall–Kier alpha value is -1.63. The maximum atomic E-state index is 13.7. The number of carbonyl (C=O) groups excluding carboxylic acids is 1. The normalized spacial score (nSPS) is 13.8. The number of benzene rings is 1. The molecule has 1 rings (SSSR count). The van der Waals surface area contributed by atoms with Crippen LogP contribution in [0.5, 0.6) is 0 Å². The van der Waals surface area contributed by atoms with Gasteiger partial charge in [0.2, 0.25) is 0 Å². The maximum absolute atomic E-state index is 13.7. The topological polar surface area (TPSA) is 98.2 Å². The number of nitrogen functional groups attached to an aromatic ring is 1. The molecule has 1 amide bonds. The lowest BCUT2D eigenvalue weighted by molar-refractivity contribution is 0.100. The van der Waals surface area contributed by atoms with Gasteiger partial charge in [0, 0.05) is 34.5 Å². The molecular weight excluding hydrogens is 269 g/mol. The second-order valence-electron chi connectivity index (χ2n) is 4.39. The Morgan fingerprint density at radius 3 is 2.68 bits per heavy atom. The van der Waals surface area contributed by atoms with Gasteiger partial charge in [0.25, 0.3) is 5.91 Å². The zero-order valence-corrected chi connectivity index (χ0v) is 11.7. The highest BCUT2D eigenvalue weighted by atomic mass is 32.2. The lowest BCUT2D eigenvalue weighted by Gasteiger charge is -2.16. The molecule has 0 bridgehead atoms. The zero-order chi connectivity index (χ0) is 14.6. The van der Waals surface area contributed by atoms with Crippen LogP contribution in [0, 0.1) is 5.82 Å². The van der Waals surface area contributed by atoms with Crippen molar-refractivity contribution in [2.45, 2.75) is 19.4 Å². The van der Waals surface area contributed by atoms with Crippen LogP contribution in [0.1, 0.15) is 23.7 Å². The highest BCUT2D eigenvalue weighted by Gasteiger charge is 2.13. The molecule has 1 aromatic rings. The molecule has 0 fully saturated rings. The number of halogens is 1. The molecule has 7 heteroatoms. The SMILES string of the molecule is CC(CCS(C)=O)Nc1cc(C(N)=O)c(N)cc1F. The number of rotatable bonds is 6. The molecule has 0 spiro atoms. The summed E-state index contributed by atoms with van der Waals surface area (Å²) in [6.45, 7) is 1.84. The van der Waals surface area contributed by atoms with Crippen LogP contribution in [0.2, 0.25) is 0 Å². The van der Waals surface area contributed by atoms with Gasteiger partial charge in [-0.05, 0) is 25.5 Å². The Labute approximate surface area is 114 Å². The van der Waals surface area contributed by atoms with Crippen molar-refractivity contribution in [2.75, 3.05) is 23.1 Å². The molecule has 0 aromatic heterocycles. The van der Waals surface area contributed by atoms with Gasteiger partial charge in [-0.15, -0.1) is 0 Å². The Balaban J connectivity index is 2.85. The van der Waals surface area contributed by atoms with Gasteiger partial charge >= 0.3 is 0 Å². The lowest BCUT2D eigenvalue weighted by atomic mass is 10.1. The number of amides is 1. The molecule has 0 radical (unpaired) electrons. The van der Waals surface area contributed by atoms with Crippen molar-refractivity contribution < 1.29 is 13.4 Å². The Morgan fingerprint density at radius 1 is 1.53 bits per heavy atom. The Morgan fingerprint density at radius 2 is 2.16 bits per heavy atom. The van der Waals surface area contributed by atoms with Crippen molar-refractivity contribution >= 4 is 28.1 Å². The summed E-state index contributed by atoms with van der Waals surface area (Å²) in [5.41, 5.74) is 10.9. The van der Waals surface area contributed by atoms with Crippen molar-refractivity contribution in [3.05, 3.63) is 23.5 Å². The number of anilines is 2. The van der Waals surface area contributed by atoms with E-state index in [9.17, 15) is 13.4 Å². The summed E-state index contributed by atoms with van der Waals surface area (Å²) >= 11 is 0. The monoisotopic (exact) mass is 287 g/mol. The molecule has 2 atom stereocenters. The standard InChI is InChI=1S/C12H18FN3O2S/c1-7(3-4-19(2)18)16-11-5-8(12(15)17)10(14)6-9(11)13/h5-7,16H,3-4,14H2,1-2H3,(H2,15,17). The van der Waals surface area contributed by atoms with E-state index in [4.69, 9.17) is 11.5 Å². The average molecular weight is 287 g/mol. The van der Waals surface area contributed by atoms with Crippen LogP contribution < -0.4 is 16.8 Å². The summed E-state index contributed by atoms with van der Waals surface area (Å²) < 4.78 is 24.7. The summed E-state index contributed by atoms with van der Waals surface area (Å²) in [5.74, 6) is -0.734. The second-order valence-corrected chi connectivity index (χ2v) is 5.95. The van der Waals surface area contributed by atoms with Gasteiger partial charge in [-0.2, -0.15) is 0 Å². The van der Waals surface area contributed by atoms with E-state index >= 15 is 0 Å². The number of nitrogens with one attached hydrogen (secondary N) is 1. The van der Waals surface area contributed by atoms with Gasteiger partial charge < -0.3 is 16.8 Å². The molecule has 0 aliphatic heterocycles. The first-order chi connectivity index (χ1) is 8.81. The number of carbonyl (C=O) groups is 1. The minimum Gasteiger partial charge on any atom is -0.398 e. The van der Waals surface area contributed by atoms with Gasteiger partial charge in [0.15, 0.2) is 0 Å². The highest BCUT2D eigenvalue weighted by molar-refractivity contribution is 7.84. The molecule has 0 saturated heterocycles. The van der Waals surface area contributed by atoms with E-state index < -0.39 is 22.5 Å². The van der Waals surface area contributed by atoms with Gasteiger partial charge in [0.1, 0.15) is 5.82 Å². The van der Waals surface area contributed by atoms with Crippen LogP contribution >= 0.6 is 0 Å². The fraction of sp³-hybridized carbons (Fsp3) is 0.417. The van der Waals surface area contributed by atoms with Crippen molar-refractivity contribution in [3.63, 3.8) is 0 Å². The van der Waals surface area contributed by atoms with Gasteiger partial charge in [-0.3, -0.25) is 9.00 Å². The van der Waals surface area contributed by atoms with Crippen LogP contribution in [0.3, 0.4) is 0 Å². The largest absolute Gasteiger partial charge is 0.398 e. The van der Waals surface area contributed by atoms with E-state index in [0.717, 1.165) is 6.07 Å². The van der Waals surface area contributed by atoms with Crippen LogP contribution in [-0.4, -0.2) is 28.2 Å². The number of hydrogen-bond donors (Lipinski definition) is 3.